The van der Waals surface area contributed by atoms with Crippen LogP contribution in [0.25, 0.3) is 78.4 Å². The van der Waals surface area contributed by atoms with E-state index < -0.39 is 0 Å². The molecule has 4 heteroatoms. The van der Waals surface area contributed by atoms with E-state index in [1.54, 1.807) is 0 Å². The third-order valence-electron chi connectivity index (χ3n) is 10.2. The average Bonchev–Trinajstić information content (AvgIpc) is 3.70. The first kappa shape index (κ1) is 28.7. The topological polar surface area (TPSA) is 35.6 Å². The van der Waals surface area contributed by atoms with Gasteiger partial charge in [0.2, 0.25) is 0 Å². The Bertz CT molecular complexity index is 2670. The molecular formula is C46H34N4. The quantitative estimate of drug-likeness (QED) is 0.187. The number of allylic oxidation sites excluding steroid dienone is 5. The number of nitrogens with zero attached hydrogens (tertiary/aromatic N) is 4. The van der Waals surface area contributed by atoms with Crippen molar-refractivity contribution < 1.29 is 0 Å². The minimum absolute atomic E-state index is 0.732. The van der Waals surface area contributed by atoms with Crippen LogP contribution < -0.4 is 0 Å². The van der Waals surface area contributed by atoms with Crippen LogP contribution >= 0.6 is 0 Å². The molecule has 0 atom stereocenters. The molecule has 0 spiro atoms. The van der Waals surface area contributed by atoms with Gasteiger partial charge in [0.15, 0.2) is 5.82 Å². The maximum absolute atomic E-state index is 5.10. The second-order valence-corrected chi connectivity index (χ2v) is 13.2. The highest BCUT2D eigenvalue weighted by molar-refractivity contribution is 6.14. The van der Waals surface area contributed by atoms with Gasteiger partial charge in [0, 0.05) is 49.9 Å². The lowest BCUT2D eigenvalue weighted by molar-refractivity contribution is 0.888. The average molecular weight is 643 g/mol. The molecule has 0 saturated carbocycles. The summed E-state index contributed by atoms with van der Waals surface area (Å²) in [5.41, 5.74) is 13.8. The Hall–Kier alpha value is -6.26. The number of para-hydroxylation sites is 2. The minimum atomic E-state index is 0.732. The highest BCUT2D eigenvalue weighted by Crippen LogP contribution is 2.40. The Morgan fingerprint density at radius 2 is 1.20 bits per heavy atom. The first-order chi connectivity index (χ1) is 24.8. The standard InChI is InChI=1S/C46H34N4/c1-4-14-31(15-5-1)40-29-41(32-16-6-2-7-17-32)48-46(47-40)33-24-26-35(27-25-33)50-43-23-13-11-21-37(43)39-28-38-36-20-10-12-22-42(36)49(44(38)30-45(39)50)34-18-8-3-9-19-34/h1,3-6,8-11,13-21,23-30H,2,7,12,22H2. The summed E-state index contributed by atoms with van der Waals surface area (Å²) in [4.78, 5) is 10.2. The van der Waals surface area contributed by atoms with Gasteiger partial charge in [-0.25, -0.2) is 9.97 Å². The molecule has 0 unspecified atom stereocenters. The molecular weight excluding hydrogens is 609 g/mol. The largest absolute Gasteiger partial charge is 0.313 e. The Morgan fingerprint density at radius 3 is 2.02 bits per heavy atom. The van der Waals surface area contributed by atoms with E-state index in [9.17, 15) is 0 Å². The molecule has 0 fully saturated rings. The maximum atomic E-state index is 5.10. The SMILES string of the molecule is C1=CC(c2cc(-c3ccccc3)nc(-c3ccc(-n4c5ccccc5c5cc6c7c(n(-c8ccccc8)c6cc54)CCC=C7)cc3)n2)=CCC1. The Morgan fingerprint density at radius 1 is 0.480 bits per heavy atom. The van der Waals surface area contributed by atoms with Gasteiger partial charge in [0.25, 0.3) is 0 Å². The molecule has 0 saturated heterocycles. The maximum Gasteiger partial charge on any atom is 0.160 e. The minimum Gasteiger partial charge on any atom is -0.313 e. The Balaban J connectivity index is 1.15. The molecule has 8 aromatic rings. The van der Waals surface area contributed by atoms with Crippen molar-refractivity contribution in [2.24, 2.45) is 0 Å². The fourth-order valence-corrected chi connectivity index (χ4v) is 7.87. The van der Waals surface area contributed by atoms with Gasteiger partial charge in [-0.15, -0.1) is 0 Å². The van der Waals surface area contributed by atoms with Gasteiger partial charge in [-0.05, 0) is 91.9 Å². The van der Waals surface area contributed by atoms with E-state index in [0.717, 1.165) is 65.3 Å². The van der Waals surface area contributed by atoms with Crippen molar-refractivity contribution in [2.45, 2.75) is 25.7 Å². The summed E-state index contributed by atoms with van der Waals surface area (Å²) in [5.74, 6) is 0.732. The fourth-order valence-electron chi connectivity index (χ4n) is 7.87. The van der Waals surface area contributed by atoms with Crippen molar-refractivity contribution >= 4 is 44.4 Å². The Kier molecular flexibility index (Phi) is 6.73. The van der Waals surface area contributed by atoms with Crippen molar-refractivity contribution in [3.05, 3.63) is 169 Å². The molecule has 3 heterocycles. The van der Waals surface area contributed by atoms with E-state index in [1.165, 1.54) is 49.7 Å². The molecule has 0 N–H and O–H groups in total. The Labute approximate surface area is 291 Å². The first-order valence-corrected chi connectivity index (χ1v) is 17.5. The molecule has 0 radical (unpaired) electrons. The van der Waals surface area contributed by atoms with E-state index in [1.807, 2.05) is 6.07 Å². The van der Waals surface area contributed by atoms with Crippen LogP contribution in [0.2, 0.25) is 0 Å². The van der Waals surface area contributed by atoms with Gasteiger partial charge in [-0.3, -0.25) is 0 Å². The van der Waals surface area contributed by atoms with E-state index in [-0.39, 0.29) is 0 Å². The van der Waals surface area contributed by atoms with Crippen LogP contribution in [0, 0.1) is 0 Å². The molecule has 10 rings (SSSR count). The predicted octanol–water partition coefficient (Wildman–Crippen LogP) is 11.5. The van der Waals surface area contributed by atoms with Gasteiger partial charge in [-0.2, -0.15) is 0 Å². The molecule has 4 nitrogen and oxygen atoms in total. The lowest BCUT2D eigenvalue weighted by Crippen LogP contribution is -2.02. The van der Waals surface area contributed by atoms with Gasteiger partial charge in [0.05, 0.1) is 27.9 Å². The number of benzene rings is 5. The van der Waals surface area contributed by atoms with Crippen molar-refractivity contribution in [2.75, 3.05) is 0 Å². The van der Waals surface area contributed by atoms with Crippen LogP contribution in [0.15, 0.2) is 152 Å². The fraction of sp³-hybridized carbons (Fsp3) is 0.0870. The summed E-state index contributed by atoms with van der Waals surface area (Å²) in [5, 5.41) is 3.83. The third kappa shape index (κ3) is 4.67. The van der Waals surface area contributed by atoms with Gasteiger partial charge in [0.1, 0.15) is 0 Å². The van der Waals surface area contributed by atoms with Crippen molar-refractivity contribution in [1.82, 2.24) is 19.1 Å². The highest BCUT2D eigenvalue weighted by atomic mass is 15.0. The first-order valence-electron chi connectivity index (χ1n) is 17.5. The zero-order chi connectivity index (χ0) is 33.0. The summed E-state index contributed by atoms with van der Waals surface area (Å²) in [7, 11) is 0. The second-order valence-electron chi connectivity index (χ2n) is 13.2. The molecule has 3 aromatic heterocycles. The van der Waals surface area contributed by atoms with E-state index >= 15 is 0 Å². The molecule has 2 aliphatic carbocycles. The lowest BCUT2D eigenvalue weighted by Gasteiger charge is -2.13. The van der Waals surface area contributed by atoms with Crippen LogP contribution in [0.3, 0.4) is 0 Å². The van der Waals surface area contributed by atoms with Crippen LogP contribution in [-0.4, -0.2) is 19.1 Å². The molecule has 5 aromatic carbocycles. The summed E-state index contributed by atoms with van der Waals surface area (Å²) >= 11 is 0. The second kappa shape index (κ2) is 11.7. The molecule has 238 valence electrons. The van der Waals surface area contributed by atoms with Gasteiger partial charge < -0.3 is 9.13 Å². The van der Waals surface area contributed by atoms with Crippen molar-refractivity contribution in [3.63, 3.8) is 0 Å². The van der Waals surface area contributed by atoms with Gasteiger partial charge >= 0.3 is 0 Å². The number of rotatable bonds is 5. The summed E-state index contributed by atoms with van der Waals surface area (Å²) in [6.45, 7) is 0. The third-order valence-corrected chi connectivity index (χ3v) is 10.2. The number of aromatic nitrogens is 4. The van der Waals surface area contributed by atoms with Gasteiger partial charge in [-0.1, -0.05) is 97.1 Å². The van der Waals surface area contributed by atoms with Crippen molar-refractivity contribution in [3.8, 4) is 34.0 Å². The lowest BCUT2D eigenvalue weighted by atomic mass is 10.0. The van der Waals surface area contributed by atoms with E-state index in [0.29, 0.717) is 0 Å². The van der Waals surface area contributed by atoms with Crippen LogP contribution in [-0.2, 0) is 6.42 Å². The van der Waals surface area contributed by atoms with Crippen LogP contribution in [0.1, 0.15) is 36.2 Å². The van der Waals surface area contributed by atoms with Crippen LogP contribution in [0.4, 0.5) is 0 Å². The highest BCUT2D eigenvalue weighted by Gasteiger charge is 2.22. The van der Waals surface area contributed by atoms with E-state index in [2.05, 4.69) is 161 Å². The number of hydrogen-bond donors (Lipinski definition) is 0. The van der Waals surface area contributed by atoms with E-state index in [4.69, 9.17) is 9.97 Å². The zero-order valence-corrected chi connectivity index (χ0v) is 27.6. The smallest absolute Gasteiger partial charge is 0.160 e. The normalized spacial score (nSPS) is 14.0. The monoisotopic (exact) mass is 642 g/mol. The van der Waals surface area contributed by atoms with Crippen LogP contribution in [0.5, 0.6) is 0 Å². The summed E-state index contributed by atoms with van der Waals surface area (Å²) in [6, 6.07) is 45.7. The molecule has 0 bridgehead atoms. The molecule has 0 aliphatic heterocycles. The number of hydrogen-bond acceptors (Lipinski definition) is 2. The number of fused-ring (bicyclic) bond motifs is 6. The summed E-state index contributed by atoms with van der Waals surface area (Å²) < 4.78 is 4.89. The predicted molar refractivity (Wildman–Crippen MR) is 208 cm³/mol. The summed E-state index contributed by atoms with van der Waals surface area (Å²) in [6.07, 6.45) is 15.5. The zero-order valence-electron chi connectivity index (χ0n) is 27.6. The van der Waals surface area contributed by atoms with Crippen molar-refractivity contribution in [1.29, 1.82) is 0 Å². The molecule has 2 aliphatic rings. The molecule has 0 amide bonds. The molecule has 50 heavy (non-hydrogen) atoms.